The topological polar surface area (TPSA) is 54.3 Å². The first-order valence-corrected chi connectivity index (χ1v) is 10.3. The molecule has 0 unspecified atom stereocenters. The summed E-state index contributed by atoms with van der Waals surface area (Å²) in [6.07, 6.45) is 9.03. The summed E-state index contributed by atoms with van der Waals surface area (Å²) in [5.74, 6) is 0.851. The van der Waals surface area contributed by atoms with Crippen molar-refractivity contribution in [3.05, 3.63) is 41.5 Å². The Morgan fingerprint density at radius 3 is 2.74 bits per heavy atom. The van der Waals surface area contributed by atoms with Crippen LogP contribution in [0.4, 0.5) is 5.95 Å². The molecule has 2 aromatic rings. The molecule has 1 saturated heterocycles. The molecule has 2 aliphatic heterocycles. The van der Waals surface area contributed by atoms with Crippen molar-refractivity contribution in [1.29, 1.82) is 0 Å². The van der Waals surface area contributed by atoms with Gasteiger partial charge in [0.05, 0.1) is 17.3 Å². The zero-order chi connectivity index (χ0) is 18.8. The first-order chi connectivity index (χ1) is 13.2. The lowest BCUT2D eigenvalue weighted by Gasteiger charge is -2.37. The van der Waals surface area contributed by atoms with Crippen LogP contribution >= 0.6 is 0 Å². The molecule has 1 atom stereocenters. The maximum Gasteiger partial charge on any atom is 0.257 e. The second-order valence-electron chi connectivity index (χ2n) is 7.51. The maximum absolute atomic E-state index is 13.5. The molecule has 0 saturated carbocycles. The van der Waals surface area contributed by atoms with Crippen LogP contribution in [-0.4, -0.2) is 45.0 Å². The summed E-state index contributed by atoms with van der Waals surface area (Å²) in [7, 11) is 0. The minimum absolute atomic E-state index is 0.0747. The fourth-order valence-electron chi connectivity index (χ4n) is 4.36. The van der Waals surface area contributed by atoms with Crippen LogP contribution in [0.25, 0.3) is 0 Å². The number of aromatic nitrogens is 3. The van der Waals surface area contributed by atoms with Crippen molar-refractivity contribution in [2.45, 2.75) is 58.5 Å². The fraction of sp³-hybridized carbons (Fsp3) is 0.571. The molecule has 6 nitrogen and oxygen atoms in total. The van der Waals surface area contributed by atoms with Gasteiger partial charge in [-0.05, 0) is 37.8 Å². The van der Waals surface area contributed by atoms with Crippen molar-refractivity contribution < 1.29 is 4.79 Å². The molecule has 2 aromatic heterocycles. The predicted octanol–water partition coefficient (Wildman–Crippen LogP) is 3.44. The van der Waals surface area contributed by atoms with Gasteiger partial charge in [-0.3, -0.25) is 4.79 Å². The first kappa shape index (κ1) is 18.0. The Morgan fingerprint density at radius 1 is 1.19 bits per heavy atom. The van der Waals surface area contributed by atoms with Gasteiger partial charge in [0.25, 0.3) is 5.91 Å². The van der Waals surface area contributed by atoms with Gasteiger partial charge >= 0.3 is 0 Å². The van der Waals surface area contributed by atoms with E-state index in [0.29, 0.717) is 5.56 Å². The molecule has 0 aromatic carbocycles. The van der Waals surface area contributed by atoms with Crippen LogP contribution in [0.5, 0.6) is 0 Å². The van der Waals surface area contributed by atoms with E-state index in [1.807, 2.05) is 4.90 Å². The van der Waals surface area contributed by atoms with E-state index in [-0.39, 0.29) is 11.9 Å². The van der Waals surface area contributed by atoms with Gasteiger partial charge in [-0.15, -0.1) is 0 Å². The summed E-state index contributed by atoms with van der Waals surface area (Å²) in [6.45, 7) is 7.86. The number of amides is 1. The standard InChI is InChI=1S/C21H29N5O/c1-3-8-19-18-9-7-12-24(18)13-14-26(19)20(27)16-15-22-21(23-17(16)4-2)25-10-5-6-11-25/h7,9,12,15,19H,3-6,8,10-11,13-14H2,1-2H3/t19-/m0/s1. The van der Waals surface area contributed by atoms with Crippen molar-refractivity contribution >= 4 is 11.9 Å². The lowest BCUT2D eigenvalue weighted by atomic mass is 10.0. The number of carbonyl (C=O) groups excluding carboxylic acids is 1. The summed E-state index contributed by atoms with van der Waals surface area (Å²) < 4.78 is 2.28. The normalized spacial score (nSPS) is 19.4. The third-order valence-corrected chi connectivity index (χ3v) is 5.80. The van der Waals surface area contributed by atoms with Crippen molar-refractivity contribution in [3.8, 4) is 0 Å². The lowest BCUT2D eigenvalue weighted by molar-refractivity contribution is 0.0608. The molecular weight excluding hydrogens is 338 g/mol. The van der Waals surface area contributed by atoms with Gasteiger partial charge < -0.3 is 14.4 Å². The number of anilines is 1. The highest BCUT2D eigenvalue weighted by Crippen LogP contribution is 2.31. The molecule has 4 heterocycles. The molecule has 0 bridgehead atoms. The van der Waals surface area contributed by atoms with Crippen molar-refractivity contribution in [3.63, 3.8) is 0 Å². The van der Waals surface area contributed by atoms with Crippen LogP contribution in [0.2, 0.25) is 0 Å². The third-order valence-electron chi connectivity index (χ3n) is 5.80. The number of aryl methyl sites for hydroxylation is 1. The van der Waals surface area contributed by atoms with E-state index < -0.39 is 0 Å². The average molecular weight is 367 g/mol. The Balaban J connectivity index is 1.63. The molecule has 0 N–H and O–H groups in total. The van der Waals surface area contributed by atoms with Gasteiger partial charge in [-0.1, -0.05) is 20.3 Å². The smallest absolute Gasteiger partial charge is 0.257 e. The highest BCUT2D eigenvalue weighted by atomic mass is 16.2. The van der Waals surface area contributed by atoms with Crippen molar-refractivity contribution in [2.24, 2.45) is 0 Å². The fourth-order valence-corrected chi connectivity index (χ4v) is 4.36. The van der Waals surface area contributed by atoms with E-state index in [1.54, 1.807) is 6.20 Å². The lowest BCUT2D eigenvalue weighted by Crippen LogP contribution is -2.42. The van der Waals surface area contributed by atoms with Crippen LogP contribution in [-0.2, 0) is 13.0 Å². The van der Waals surface area contributed by atoms with Gasteiger partial charge in [-0.2, -0.15) is 0 Å². The van der Waals surface area contributed by atoms with Gasteiger partial charge in [0.15, 0.2) is 0 Å². The summed E-state index contributed by atoms with van der Waals surface area (Å²) >= 11 is 0. The number of fused-ring (bicyclic) bond motifs is 1. The van der Waals surface area contributed by atoms with E-state index in [1.165, 1.54) is 18.5 Å². The number of hydrogen-bond acceptors (Lipinski definition) is 4. The van der Waals surface area contributed by atoms with Crippen LogP contribution < -0.4 is 4.90 Å². The van der Waals surface area contributed by atoms with Crippen LogP contribution in [0.1, 0.15) is 67.3 Å². The average Bonchev–Trinajstić information content (AvgIpc) is 3.39. The van der Waals surface area contributed by atoms with Crippen LogP contribution in [0.3, 0.4) is 0 Å². The predicted molar refractivity (Wildman–Crippen MR) is 106 cm³/mol. The third kappa shape index (κ3) is 3.33. The van der Waals surface area contributed by atoms with E-state index in [4.69, 9.17) is 4.98 Å². The molecule has 0 spiro atoms. The number of rotatable bonds is 5. The molecule has 2 aliphatic rings. The quantitative estimate of drug-likeness (QED) is 0.812. The minimum Gasteiger partial charge on any atom is -0.348 e. The SMILES string of the molecule is CCC[C@H]1c2cccn2CCN1C(=O)c1cnc(N2CCCC2)nc1CC. The molecule has 144 valence electrons. The molecule has 1 fully saturated rings. The molecule has 4 rings (SSSR count). The zero-order valence-electron chi connectivity index (χ0n) is 16.4. The summed E-state index contributed by atoms with van der Waals surface area (Å²) in [5, 5.41) is 0. The highest BCUT2D eigenvalue weighted by Gasteiger charge is 2.32. The van der Waals surface area contributed by atoms with Gasteiger partial charge in [0, 0.05) is 44.3 Å². The molecule has 1 amide bonds. The second-order valence-corrected chi connectivity index (χ2v) is 7.51. The van der Waals surface area contributed by atoms with Gasteiger partial charge in [0.2, 0.25) is 5.95 Å². The first-order valence-electron chi connectivity index (χ1n) is 10.3. The monoisotopic (exact) mass is 367 g/mol. The van der Waals surface area contributed by atoms with E-state index in [2.05, 4.69) is 46.6 Å². The maximum atomic E-state index is 13.5. The largest absolute Gasteiger partial charge is 0.348 e. The Hall–Kier alpha value is -2.37. The highest BCUT2D eigenvalue weighted by molar-refractivity contribution is 5.95. The summed E-state index contributed by atoms with van der Waals surface area (Å²) in [5.41, 5.74) is 2.78. The second kappa shape index (κ2) is 7.71. The van der Waals surface area contributed by atoms with E-state index in [0.717, 1.165) is 57.1 Å². The Kier molecular flexibility index (Phi) is 5.14. The molecule has 27 heavy (non-hydrogen) atoms. The van der Waals surface area contributed by atoms with Crippen molar-refractivity contribution in [2.75, 3.05) is 24.5 Å². The van der Waals surface area contributed by atoms with Crippen LogP contribution in [0, 0.1) is 0 Å². The Morgan fingerprint density at radius 2 is 2.00 bits per heavy atom. The van der Waals surface area contributed by atoms with Gasteiger partial charge in [-0.25, -0.2) is 9.97 Å². The van der Waals surface area contributed by atoms with E-state index >= 15 is 0 Å². The minimum atomic E-state index is 0.0747. The van der Waals surface area contributed by atoms with E-state index in [9.17, 15) is 4.79 Å². The zero-order valence-corrected chi connectivity index (χ0v) is 16.4. The number of hydrogen-bond donors (Lipinski definition) is 0. The Bertz CT molecular complexity index is 809. The summed E-state index contributed by atoms with van der Waals surface area (Å²) in [4.78, 5) is 27.0. The molecule has 0 radical (unpaired) electrons. The number of carbonyl (C=O) groups is 1. The van der Waals surface area contributed by atoms with Crippen LogP contribution in [0.15, 0.2) is 24.5 Å². The molecule has 6 heteroatoms. The van der Waals surface area contributed by atoms with Gasteiger partial charge in [0.1, 0.15) is 0 Å². The summed E-state index contributed by atoms with van der Waals surface area (Å²) in [6, 6.07) is 4.36. The van der Waals surface area contributed by atoms with Crippen molar-refractivity contribution in [1.82, 2.24) is 19.4 Å². The molecule has 0 aliphatic carbocycles. The Labute approximate surface area is 161 Å². The molecular formula is C21H29N5O. The number of nitrogens with zero attached hydrogens (tertiary/aromatic N) is 5.